The van der Waals surface area contributed by atoms with Gasteiger partial charge in [0.15, 0.2) is 0 Å². The van der Waals surface area contributed by atoms with Gasteiger partial charge in [-0.25, -0.2) is 0 Å². The molecule has 2 heteroatoms. The van der Waals surface area contributed by atoms with Gasteiger partial charge in [0, 0.05) is 6.54 Å². The largest absolute Gasteiger partial charge is 0.388 e. The van der Waals surface area contributed by atoms with Gasteiger partial charge in [-0.3, -0.25) is 0 Å². The Morgan fingerprint density at radius 2 is 2.30 bits per heavy atom. The molecule has 3 N–H and O–H groups in total. The van der Waals surface area contributed by atoms with Crippen molar-refractivity contribution in [1.29, 1.82) is 0 Å². The number of hydrogen-bond donors (Lipinski definition) is 2. The van der Waals surface area contributed by atoms with E-state index in [2.05, 4.69) is 6.92 Å². The Morgan fingerprint density at radius 1 is 1.60 bits per heavy atom. The van der Waals surface area contributed by atoms with Crippen molar-refractivity contribution in [2.24, 2.45) is 5.73 Å². The van der Waals surface area contributed by atoms with Crippen LogP contribution >= 0.6 is 0 Å². The number of aliphatic hydroxyl groups excluding tert-OH is 1. The Hall–Kier alpha value is -0.340. The number of rotatable bonds is 5. The lowest BCUT2D eigenvalue weighted by Crippen LogP contribution is -2.16. The second kappa shape index (κ2) is 6.78. The molecule has 0 saturated carbocycles. The van der Waals surface area contributed by atoms with Crippen LogP contribution in [-0.2, 0) is 0 Å². The molecule has 0 aliphatic carbocycles. The molecule has 1 atom stereocenters. The summed E-state index contributed by atoms with van der Waals surface area (Å²) >= 11 is 0. The highest BCUT2D eigenvalue weighted by molar-refractivity contribution is 4.88. The first-order valence-electron chi connectivity index (χ1n) is 3.86. The van der Waals surface area contributed by atoms with E-state index in [-0.39, 0.29) is 0 Å². The van der Waals surface area contributed by atoms with Crippen LogP contribution in [0.2, 0.25) is 0 Å². The van der Waals surface area contributed by atoms with Gasteiger partial charge in [0.1, 0.15) is 0 Å². The maximum atomic E-state index is 8.95. The quantitative estimate of drug-likeness (QED) is 0.446. The molecule has 60 valence electrons. The van der Waals surface area contributed by atoms with Gasteiger partial charge in [0.05, 0.1) is 6.10 Å². The predicted octanol–water partition coefficient (Wildman–Crippen LogP) is 1.05. The van der Waals surface area contributed by atoms with E-state index in [9.17, 15) is 0 Å². The Labute approximate surface area is 62.7 Å². The molecule has 0 spiro atoms. The number of allylic oxidation sites excluding steroid dienone is 1. The van der Waals surface area contributed by atoms with Crippen LogP contribution in [0.15, 0.2) is 12.2 Å². The van der Waals surface area contributed by atoms with Crippen LogP contribution in [0.4, 0.5) is 0 Å². The topological polar surface area (TPSA) is 46.2 Å². The van der Waals surface area contributed by atoms with Crippen molar-refractivity contribution in [3.8, 4) is 0 Å². The number of unbranched alkanes of at least 4 members (excludes halogenated alkanes) is 2. The molecule has 0 heterocycles. The fourth-order valence-electron chi connectivity index (χ4n) is 0.654. The first-order chi connectivity index (χ1) is 4.81. The van der Waals surface area contributed by atoms with Crippen molar-refractivity contribution < 1.29 is 5.11 Å². The second-order valence-electron chi connectivity index (χ2n) is 2.37. The molecule has 0 saturated heterocycles. The van der Waals surface area contributed by atoms with Crippen LogP contribution in [-0.4, -0.2) is 17.8 Å². The van der Waals surface area contributed by atoms with Crippen molar-refractivity contribution in [2.45, 2.75) is 32.3 Å². The molecule has 10 heavy (non-hydrogen) atoms. The average Bonchev–Trinajstić information content (AvgIpc) is 1.98. The van der Waals surface area contributed by atoms with E-state index in [1.165, 1.54) is 12.8 Å². The van der Waals surface area contributed by atoms with Gasteiger partial charge in [0.2, 0.25) is 0 Å². The SMILES string of the molecule is CCCC/C=C/C(O)CN. The third-order valence-corrected chi connectivity index (χ3v) is 1.32. The Kier molecular flexibility index (Phi) is 6.55. The smallest absolute Gasteiger partial charge is 0.0843 e. The van der Waals surface area contributed by atoms with Crippen LogP contribution in [0.25, 0.3) is 0 Å². The highest BCUT2D eigenvalue weighted by Gasteiger charge is 1.90. The zero-order valence-corrected chi connectivity index (χ0v) is 6.59. The maximum Gasteiger partial charge on any atom is 0.0843 e. The molecule has 0 aromatic rings. The van der Waals surface area contributed by atoms with Gasteiger partial charge < -0.3 is 10.8 Å². The molecule has 0 aliphatic rings. The summed E-state index contributed by atoms with van der Waals surface area (Å²) in [7, 11) is 0. The van der Waals surface area contributed by atoms with Gasteiger partial charge in [-0.2, -0.15) is 0 Å². The zero-order valence-electron chi connectivity index (χ0n) is 6.59. The summed E-state index contributed by atoms with van der Waals surface area (Å²) in [4.78, 5) is 0. The summed E-state index contributed by atoms with van der Waals surface area (Å²) < 4.78 is 0. The van der Waals surface area contributed by atoms with Crippen LogP contribution in [0.1, 0.15) is 26.2 Å². The normalized spacial score (nSPS) is 14.3. The van der Waals surface area contributed by atoms with Gasteiger partial charge in [-0.1, -0.05) is 31.9 Å². The van der Waals surface area contributed by atoms with E-state index in [1.54, 1.807) is 6.08 Å². The van der Waals surface area contributed by atoms with E-state index in [4.69, 9.17) is 10.8 Å². The number of nitrogens with two attached hydrogens (primary N) is 1. The molecule has 0 bridgehead atoms. The Balaban J connectivity index is 3.18. The standard InChI is InChI=1S/C8H17NO/c1-2-3-4-5-6-8(10)7-9/h5-6,8,10H,2-4,7,9H2,1H3/b6-5+. The van der Waals surface area contributed by atoms with Crippen molar-refractivity contribution in [2.75, 3.05) is 6.54 Å². The molecular weight excluding hydrogens is 126 g/mol. The first-order valence-corrected chi connectivity index (χ1v) is 3.86. The summed E-state index contributed by atoms with van der Waals surface area (Å²) in [6.45, 7) is 2.47. The molecule has 0 aliphatic heterocycles. The average molecular weight is 143 g/mol. The van der Waals surface area contributed by atoms with Crippen molar-refractivity contribution in [1.82, 2.24) is 0 Å². The van der Waals surface area contributed by atoms with Gasteiger partial charge in [-0.15, -0.1) is 0 Å². The van der Waals surface area contributed by atoms with Crippen LogP contribution in [0, 0.1) is 0 Å². The minimum Gasteiger partial charge on any atom is -0.388 e. The highest BCUT2D eigenvalue weighted by Crippen LogP contribution is 1.95. The molecule has 0 rings (SSSR count). The third kappa shape index (κ3) is 5.79. The fraction of sp³-hybridized carbons (Fsp3) is 0.750. The lowest BCUT2D eigenvalue weighted by atomic mass is 10.2. The van der Waals surface area contributed by atoms with Gasteiger partial charge in [0.25, 0.3) is 0 Å². The van der Waals surface area contributed by atoms with Crippen LogP contribution in [0.5, 0.6) is 0 Å². The molecular formula is C8H17NO. The van der Waals surface area contributed by atoms with Crippen LogP contribution in [0.3, 0.4) is 0 Å². The van der Waals surface area contributed by atoms with E-state index in [0.717, 1.165) is 6.42 Å². The molecule has 0 radical (unpaired) electrons. The zero-order chi connectivity index (χ0) is 7.82. The van der Waals surface area contributed by atoms with Crippen LogP contribution < -0.4 is 5.73 Å². The Bertz CT molecular complexity index is 91.3. The molecule has 0 aromatic heterocycles. The van der Waals surface area contributed by atoms with E-state index in [1.807, 2.05) is 6.08 Å². The summed E-state index contributed by atoms with van der Waals surface area (Å²) in [6.07, 6.45) is 6.73. The molecule has 1 unspecified atom stereocenters. The summed E-state index contributed by atoms with van der Waals surface area (Å²) in [5.74, 6) is 0. The predicted molar refractivity (Wildman–Crippen MR) is 43.7 cm³/mol. The Morgan fingerprint density at radius 3 is 2.80 bits per heavy atom. The van der Waals surface area contributed by atoms with E-state index < -0.39 is 6.10 Å². The molecule has 0 aromatic carbocycles. The fourth-order valence-corrected chi connectivity index (χ4v) is 0.654. The van der Waals surface area contributed by atoms with Gasteiger partial charge >= 0.3 is 0 Å². The van der Waals surface area contributed by atoms with Gasteiger partial charge in [-0.05, 0) is 6.42 Å². The minimum atomic E-state index is -0.447. The van der Waals surface area contributed by atoms with Crippen molar-refractivity contribution in [3.05, 3.63) is 12.2 Å². The molecule has 0 fully saturated rings. The van der Waals surface area contributed by atoms with Crippen molar-refractivity contribution >= 4 is 0 Å². The summed E-state index contributed by atoms with van der Waals surface area (Å²) in [6, 6.07) is 0. The summed E-state index contributed by atoms with van der Waals surface area (Å²) in [5, 5.41) is 8.95. The lowest BCUT2D eigenvalue weighted by Gasteiger charge is -1.97. The minimum absolute atomic E-state index is 0.322. The van der Waals surface area contributed by atoms with Crippen molar-refractivity contribution in [3.63, 3.8) is 0 Å². The first kappa shape index (κ1) is 9.66. The number of aliphatic hydroxyl groups is 1. The third-order valence-electron chi connectivity index (χ3n) is 1.32. The summed E-state index contributed by atoms with van der Waals surface area (Å²) in [5.41, 5.74) is 5.19. The monoisotopic (exact) mass is 143 g/mol. The number of hydrogen-bond acceptors (Lipinski definition) is 2. The molecule has 0 amide bonds. The highest BCUT2D eigenvalue weighted by atomic mass is 16.3. The lowest BCUT2D eigenvalue weighted by molar-refractivity contribution is 0.231. The van der Waals surface area contributed by atoms with E-state index >= 15 is 0 Å². The molecule has 2 nitrogen and oxygen atoms in total. The maximum absolute atomic E-state index is 8.95. The second-order valence-corrected chi connectivity index (χ2v) is 2.37. The van der Waals surface area contributed by atoms with E-state index in [0.29, 0.717) is 6.54 Å².